The second-order valence-corrected chi connectivity index (χ2v) is 8.10. The molecule has 4 rings (SSSR count). The van der Waals surface area contributed by atoms with Crippen molar-refractivity contribution in [2.24, 2.45) is 0 Å². The molecule has 1 aliphatic rings. The number of thiazole rings is 1. The number of benzene rings is 2. The summed E-state index contributed by atoms with van der Waals surface area (Å²) in [6, 6.07) is 14.9. The van der Waals surface area contributed by atoms with Crippen LogP contribution in [-0.4, -0.2) is 34.8 Å². The number of nitrogens with zero attached hydrogens (tertiary/aromatic N) is 1. The Labute approximate surface area is 176 Å². The molecule has 1 aromatic heterocycles. The van der Waals surface area contributed by atoms with Crippen molar-refractivity contribution in [3.63, 3.8) is 0 Å². The van der Waals surface area contributed by atoms with E-state index in [1.165, 1.54) is 11.3 Å². The molecule has 0 spiro atoms. The van der Waals surface area contributed by atoms with Crippen molar-refractivity contribution in [1.82, 2.24) is 10.3 Å². The number of carbonyl (C=O) groups is 2. The number of rotatable bonds is 6. The molecule has 0 saturated carbocycles. The Kier molecular flexibility index (Phi) is 5.51. The zero-order valence-corrected chi connectivity index (χ0v) is 16.7. The first kappa shape index (κ1) is 19.4. The molecule has 3 aromatic rings. The predicted octanol–water partition coefficient (Wildman–Crippen LogP) is 4.33. The first-order valence-corrected chi connectivity index (χ1v) is 10.2. The fourth-order valence-electron chi connectivity index (χ4n) is 3.57. The van der Waals surface area contributed by atoms with Gasteiger partial charge >= 0.3 is 12.1 Å². The van der Waals surface area contributed by atoms with Crippen LogP contribution < -0.4 is 5.32 Å². The summed E-state index contributed by atoms with van der Waals surface area (Å²) in [5.74, 6) is -1.25. The van der Waals surface area contributed by atoms with Gasteiger partial charge in [0.05, 0.1) is 5.69 Å². The van der Waals surface area contributed by atoms with E-state index in [0.29, 0.717) is 10.2 Å². The normalized spacial score (nSPS) is 13.4. The van der Waals surface area contributed by atoms with Gasteiger partial charge in [-0.15, -0.1) is 11.3 Å². The van der Waals surface area contributed by atoms with Crippen molar-refractivity contribution >= 4 is 35.0 Å². The largest absolute Gasteiger partial charge is 0.480 e. The molecule has 0 radical (unpaired) electrons. The molecule has 0 aliphatic heterocycles. The number of aromatic nitrogens is 1. The lowest BCUT2D eigenvalue weighted by atomic mass is 9.98. The van der Waals surface area contributed by atoms with Crippen molar-refractivity contribution < 1.29 is 19.4 Å². The highest BCUT2D eigenvalue weighted by molar-refractivity contribution is 7.13. The molecular weight excluding hydrogens is 412 g/mol. The Hall–Kier alpha value is -2.90. The van der Waals surface area contributed by atoms with Crippen LogP contribution in [0.1, 0.15) is 22.7 Å². The molecule has 148 valence electrons. The Bertz CT molecular complexity index is 1020. The number of fused-ring (bicyclic) bond motifs is 3. The molecule has 1 atom stereocenters. The van der Waals surface area contributed by atoms with Gasteiger partial charge in [0.15, 0.2) is 4.47 Å². The van der Waals surface area contributed by atoms with E-state index in [2.05, 4.69) is 10.3 Å². The third-order valence-corrected chi connectivity index (χ3v) is 5.90. The van der Waals surface area contributed by atoms with Crippen LogP contribution in [0.2, 0.25) is 4.47 Å². The molecule has 0 saturated heterocycles. The van der Waals surface area contributed by atoms with E-state index < -0.39 is 18.1 Å². The van der Waals surface area contributed by atoms with Gasteiger partial charge in [-0.2, -0.15) is 0 Å². The molecular formula is C21H17ClN2O4S. The average Bonchev–Trinajstić information content (AvgIpc) is 3.27. The quantitative estimate of drug-likeness (QED) is 0.610. The number of carbonyl (C=O) groups excluding carboxylic acids is 1. The lowest BCUT2D eigenvalue weighted by Gasteiger charge is -2.17. The van der Waals surface area contributed by atoms with Crippen LogP contribution in [-0.2, 0) is 16.0 Å². The molecule has 1 heterocycles. The van der Waals surface area contributed by atoms with Gasteiger partial charge in [-0.1, -0.05) is 60.1 Å². The van der Waals surface area contributed by atoms with Crippen LogP contribution in [0.15, 0.2) is 53.9 Å². The molecule has 0 fully saturated rings. The molecule has 0 unspecified atom stereocenters. The zero-order chi connectivity index (χ0) is 20.4. The Morgan fingerprint density at radius 1 is 1.14 bits per heavy atom. The number of amides is 1. The third kappa shape index (κ3) is 4.11. The lowest BCUT2D eigenvalue weighted by Crippen LogP contribution is -2.43. The number of carboxylic acid groups (broad SMARTS) is 1. The number of halogens is 1. The van der Waals surface area contributed by atoms with Crippen LogP contribution in [0.4, 0.5) is 4.79 Å². The standard InChI is InChI=1S/C21H17ClN2O4S/c22-20-23-12(11-29-20)9-18(19(25)26)24-21(27)28-10-17-15-7-3-1-5-13(15)14-6-2-4-8-16(14)17/h1-8,11,17-18H,9-10H2,(H,24,27)(H,25,26)/t18-/m0/s1. The molecule has 8 heteroatoms. The monoisotopic (exact) mass is 428 g/mol. The van der Waals surface area contributed by atoms with Crippen molar-refractivity contribution in [2.75, 3.05) is 6.61 Å². The highest BCUT2D eigenvalue weighted by atomic mass is 35.5. The maximum Gasteiger partial charge on any atom is 0.407 e. The van der Waals surface area contributed by atoms with Crippen LogP contribution in [0.5, 0.6) is 0 Å². The van der Waals surface area contributed by atoms with Gasteiger partial charge in [0, 0.05) is 17.7 Å². The van der Waals surface area contributed by atoms with E-state index in [0.717, 1.165) is 22.3 Å². The summed E-state index contributed by atoms with van der Waals surface area (Å²) in [5.41, 5.74) is 4.94. The highest BCUT2D eigenvalue weighted by Gasteiger charge is 2.30. The minimum absolute atomic E-state index is 0.0305. The van der Waals surface area contributed by atoms with E-state index in [1.807, 2.05) is 48.5 Å². The summed E-state index contributed by atoms with van der Waals surface area (Å²) < 4.78 is 5.73. The number of hydrogen-bond acceptors (Lipinski definition) is 5. The summed E-state index contributed by atoms with van der Waals surface area (Å²) in [6.07, 6.45) is -0.747. The zero-order valence-electron chi connectivity index (χ0n) is 15.2. The predicted molar refractivity (Wildman–Crippen MR) is 110 cm³/mol. The maximum absolute atomic E-state index is 12.3. The fraction of sp³-hybridized carbons (Fsp3) is 0.190. The number of nitrogens with one attached hydrogen (secondary N) is 1. The highest BCUT2D eigenvalue weighted by Crippen LogP contribution is 2.44. The van der Waals surface area contributed by atoms with E-state index in [9.17, 15) is 14.7 Å². The molecule has 2 aromatic carbocycles. The SMILES string of the molecule is O=C(N[C@@H](Cc1csc(Cl)n1)C(=O)O)OCC1c2ccccc2-c2ccccc21. The minimum Gasteiger partial charge on any atom is -0.480 e. The first-order chi connectivity index (χ1) is 14.0. The smallest absolute Gasteiger partial charge is 0.407 e. The second-order valence-electron chi connectivity index (χ2n) is 6.66. The van der Waals surface area contributed by atoms with Gasteiger partial charge in [-0.05, 0) is 22.3 Å². The number of hydrogen-bond donors (Lipinski definition) is 2. The molecule has 0 bridgehead atoms. The maximum atomic E-state index is 12.3. The third-order valence-electron chi connectivity index (χ3n) is 4.87. The van der Waals surface area contributed by atoms with Crippen LogP contribution in [0, 0.1) is 0 Å². The molecule has 1 aliphatic carbocycles. The fourth-order valence-corrected chi connectivity index (χ4v) is 4.36. The summed E-state index contributed by atoms with van der Waals surface area (Å²) >= 11 is 6.99. The number of carboxylic acids is 1. The van der Waals surface area contributed by atoms with Crippen LogP contribution >= 0.6 is 22.9 Å². The summed E-state index contributed by atoms with van der Waals surface area (Å²) in [4.78, 5) is 27.8. The van der Waals surface area contributed by atoms with Crippen molar-refractivity contribution in [3.05, 3.63) is 75.2 Å². The molecule has 6 nitrogen and oxygen atoms in total. The number of alkyl carbamates (subject to hydrolysis) is 1. The summed E-state index contributed by atoms with van der Waals surface area (Å²) in [6.45, 7) is 0.120. The Morgan fingerprint density at radius 3 is 2.31 bits per heavy atom. The van der Waals surface area contributed by atoms with Crippen molar-refractivity contribution in [2.45, 2.75) is 18.4 Å². The summed E-state index contributed by atoms with van der Waals surface area (Å²) in [5, 5.41) is 13.5. The van der Waals surface area contributed by atoms with E-state index in [-0.39, 0.29) is 18.9 Å². The molecule has 2 N–H and O–H groups in total. The minimum atomic E-state index is -1.16. The number of ether oxygens (including phenoxy) is 1. The molecule has 1 amide bonds. The molecule has 29 heavy (non-hydrogen) atoms. The van der Waals surface area contributed by atoms with Crippen LogP contribution in [0.3, 0.4) is 0 Å². The topological polar surface area (TPSA) is 88.5 Å². The second kappa shape index (κ2) is 8.23. The summed E-state index contributed by atoms with van der Waals surface area (Å²) in [7, 11) is 0. The Balaban J connectivity index is 1.43. The van der Waals surface area contributed by atoms with Gasteiger partial charge in [0.1, 0.15) is 12.6 Å². The Morgan fingerprint density at radius 2 is 1.76 bits per heavy atom. The van der Waals surface area contributed by atoms with E-state index in [4.69, 9.17) is 16.3 Å². The average molecular weight is 429 g/mol. The van der Waals surface area contributed by atoms with Gasteiger partial charge in [-0.3, -0.25) is 0 Å². The van der Waals surface area contributed by atoms with Crippen molar-refractivity contribution in [1.29, 1.82) is 0 Å². The van der Waals surface area contributed by atoms with Crippen molar-refractivity contribution in [3.8, 4) is 11.1 Å². The lowest BCUT2D eigenvalue weighted by molar-refractivity contribution is -0.139. The van der Waals surface area contributed by atoms with Crippen LogP contribution in [0.25, 0.3) is 11.1 Å². The van der Waals surface area contributed by atoms with Gasteiger partial charge < -0.3 is 15.2 Å². The van der Waals surface area contributed by atoms with E-state index >= 15 is 0 Å². The van der Waals surface area contributed by atoms with Gasteiger partial charge in [0.25, 0.3) is 0 Å². The first-order valence-electron chi connectivity index (χ1n) is 8.97. The van der Waals surface area contributed by atoms with Gasteiger partial charge in [0.2, 0.25) is 0 Å². The van der Waals surface area contributed by atoms with Gasteiger partial charge in [-0.25, -0.2) is 14.6 Å². The number of aliphatic carboxylic acids is 1. The van der Waals surface area contributed by atoms with E-state index in [1.54, 1.807) is 5.38 Å².